The van der Waals surface area contributed by atoms with Crippen LogP contribution in [0.25, 0.3) is 11.0 Å². The highest BCUT2D eigenvalue weighted by Crippen LogP contribution is 2.23. The Kier molecular flexibility index (Phi) is 5.36. The van der Waals surface area contributed by atoms with Crippen molar-refractivity contribution in [3.63, 3.8) is 0 Å². The van der Waals surface area contributed by atoms with Crippen molar-refractivity contribution in [1.29, 1.82) is 0 Å². The fourth-order valence-corrected chi connectivity index (χ4v) is 3.99. The first-order valence-corrected chi connectivity index (χ1v) is 10.2. The monoisotopic (exact) mass is 445 g/mol. The lowest BCUT2D eigenvalue weighted by atomic mass is 10.1. The summed E-state index contributed by atoms with van der Waals surface area (Å²) >= 11 is 13.4. The Hall–Kier alpha value is -2.74. The Labute approximate surface area is 178 Å². The van der Waals surface area contributed by atoms with E-state index < -0.39 is 11.2 Å². The van der Waals surface area contributed by atoms with E-state index in [1.807, 2.05) is 17.5 Å². The third kappa shape index (κ3) is 3.76. The molecule has 0 fully saturated rings. The third-order valence-corrected chi connectivity index (χ3v) is 6.02. The van der Waals surface area contributed by atoms with E-state index in [0.29, 0.717) is 16.1 Å². The number of rotatable bonds is 5. The number of carbonyl (C=O) groups is 1. The van der Waals surface area contributed by atoms with Crippen molar-refractivity contribution in [1.82, 2.24) is 14.1 Å². The smallest absolute Gasteiger partial charge is 0.292 e. The zero-order valence-electron chi connectivity index (χ0n) is 14.8. The maximum absolute atomic E-state index is 13.1. The van der Waals surface area contributed by atoms with E-state index in [0.717, 1.165) is 9.44 Å². The van der Waals surface area contributed by atoms with E-state index in [1.165, 1.54) is 34.2 Å². The predicted octanol–water partition coefficient (Wildman–Crippen LogP) is 3.86. The van der Waals surface area contributed by atoms with E-state index in [9.17, 15) is 14.4 Å². The van der Waals surface area contributed by atoms with Crippen LogP contribution in [0.15, 0.2) is 63.6 Å². The number of carbonyl (C=O) groups excluding carboxylic acids is 1. The van der Waals surface area contributed by atoms with Gasteiger partial charge in [-0.1, -0.05) is 29.3 Å². The first kappa shape index (κ1) is 19.6. The lowest BCUT2D eigenvalue weighted by Gasteiger charge is -2.13. The summed E-state index contributed by atoms with van der Waals surface area (Å²) in [5, 5.41) is 2.45. The van der Waals surface area contributed by atoms with E-state index >= 15 is 0 Å². The number of fused-ring (bicyclic) bond motifs is 1. The molecule has 0 spiro atoms. The summed E-state index contributed by atoms with van der Waals surface area (Å²) in [6.07, 6.45) is 1.48. The van der Waals surface area contributed by atoms with Gasteiger partial charge in [0.15, 0.2) is 11.3 Å². The minimum Gasteiger partial charge on any atom is -0.292 e. The van der Waals surface area contributed by atoms with Crippen LogP contribution in [-0.4, -0.2) is 19.9 Å². The van der Waals surface area contributed by atoms with Gasteiger partial charge < -0.3 is 0 Å². The van der Waals surface area contributed by atoms with Crippen molar-refractivity contribution < 1.29 is 4.79 Å². The molecule has 0 saturated heterocycles. The van der Waals surface area contributed by atoms with Crippen LogP contribution in [0, 0.1) is 0 Å². The van der Waals surface area contributed by atoms with Crippen LogP contribution in [0.4, 0.5) is 0 Å². The van der Waals surface area contributed by atoms with Crippen molar-refractivity contribution in [3.05, 3.63) is 95.4 Å². The lowest BCUT2D eigenvalue weighted by molar-refractivity contribution is 0.0971. The number of nitrogens with zero attached hydrogens (tertiary/aromatic N) is 3. The zero-order valence-corrected chi connectivity index (χ0v) is 17.2. The van der Waals surface area contributed by atoms with Gasteiger partial charge in [-0.2, -0.15) is 0 Å². The summed E-state index contributed by atoms with van der Waals surface area (Å²) in [5.41, 5.74) is -0.308. The number of thiophene rings is 1. The molecule has 9 heteroatoms. The van der Waals surface area contributed by atoms with Crippen molar-refractivity contribution in [2.75, 3.05) is 0 Å². The van der Waals surface area contributed by atoms with Crippen molar-refractivity contribution in [2.45, 2.75) is 13.1 Å². The highest BCUT2D eigenvalue weighted by molar-refractivity contribution is 7.09. The average Bonchev–Trinajstić information content (AvgIpc) is 3.23. The van der Waals surface area contributed by atoms with E-state index in [1.54, 1.807) is 18.2 Å². The Balaban J connectivity index is 1.84. The van der Waals surface area contributed by atoms with Crippen LogP contribution in [0.1, 0.15) is 15.2 Å². The normalized spacial score (nSPS) is 11.1. The Bertz CT molecular complexity index is 1340. The molecule has 4 rings (SSSR count). The highest BCUT2D eigenvalue weighted by Gasteiger charge is 2.18. The molecule has 0 atom stereocenters. The zero-order chi connectivity index (χ0) is 20.5. The topological polar surface area (TPSA) is 74.0 Å². The summed E-state index contributed by atoms with van der Waals surface area (Å²) in [6.45, 7) is -0.146. The molecule has 1 aromatic carbocycles. The largest absolute Gasteiger partial charge is 0.332 e. The van der Waals surface area contributed by atoms with E-state index in [2.05, 4.69) is 4.98 Å². The minimum absolute atomic E-state index is 0.114. The Morgan fingerprint density at radius 1 is 1.03 bits per heavy atom. The first-order valence-electron chi connectivity index (χ1n) is 8.54. The third-order valence-electron chi connectivity index (χ3n) is 4.42. The van der Waals surface area contributed by atoms with Crippen LogP contribution in [0.5, 0.6) is 0 Å². The van der Waals surface area contributed by atoms with Crippen molar-refractivity contribution >= 4 is 51.4 Å². The van der Waals surface area contributed by atoms with Gasteiger partial charge in [0.1, 0.15) is 0 Å². The molecule has 0 aliphatic rings. The molecule has 4 aromatic rings. The van der Waals surface area contributed by atoms with Gasteiger partial charge in [-0.15, -0.1) is 11.3 Å². The molecule has 29 heavy (non-hydrogen) atoms. The van der Waals surface area contributed by atoms with E-state index in [-0.39, 0.29) is 29.4 Å². The van der Waals surface area contributed by atoms with Crippen LogP contribution < -0.4 is 11.2 Å². The molecule has 3 aromatic heterocycles. The number of pyridine rings is 1. The van der Waals surface area contributed by atoms with Gasteiger partial charge in [0.2, 0.25) is 0 Å². The summed E-state index contributed by atoms with van der Waals surface area (Å²) in [4.78, 5) is 43.8. The Morgan fingerprint density at radius 2 is 1.86 bits per heavy atom. The molecule has 6 nitrogen and oxygen atoms in total. The maximum atomic E-state index is 13.1. The number of benzene rings is 1. The average molecular weight is 446 g/mol. The molecular weight excluding hydrogens is 433 g/mol. The van der Waals surface area contributed by atoms with Gasteiger partial charge >= 0.3 is 5.69 Å². The number of aromatic nitrogens is 3. The summed E-state index contributed by atoms with van der Waals surface area (Å²) < 4.78 is 2.37. The Morgan fingerprint density at radius 3 is 2.59 bits per heavy atom. The number of hydrogen-bond acceptors (Lipinski definition) is 5. The van der Waals surface area contributed by atoms with Gasteiger partial charge in [-0.3, -0.25) is 18.7 Å². The number of hydrogen-bond donors (Lipinski definition) is 0. The number of halogens is 2. The second-order valence-electron chi connectivity index (χ2n) is 6.26. The minimum atomic E-state index is -0.572. The number of Topliss-reactive ketones (excluding diaryl/α,β-unsaturated/α-hetero) is 1. The molecule has 0 aliphatic heterocycles. The van der Waals surface area contributed by atoms with Gasteiger partial charge in [0, 0.05) is 16.6 Å². The molecule has 0 amide bonds. The molecule has 0 saturated carbocycles. The van der Waals surface area contributed by atoms with Gasteiger partial charge in [-0.05, 0) is 41.8 Å². The fourth-order valence-electron chi connectivity index (χ4n) is 3.00. The van der Waals surface area contributed by atoms with Crippen molar-refractivity contribution in [2.24, 2.45) is 0 Å². The van der Waals surface area contributed by atoms with E-state index in [4.69, 9.17) is 23.2 Å². The predicted molar refractivity (Wildman–Crippen MR) is 114 cm³/mol. The summed E-state index contributed by atoms with van der Waals surface area (Å²) in [7, 11) is 0. The molecule has 3 heterocycles. The molecule has 146 valence electrons. The molecule has 0 unspecified atom stereocenters. The van der Waals surface area contributed by atoms with Crippen LogP contribution >= 0.6 is 34.5 Å². The van der Waals surface area contributed by atoms with Gasteiger partial charge in [0.25, 0.3) is 5.56 Å². The summed E-state index contributed by atoms with van der Waals surface area (Å²) in [6, 6.07) is 11.4. The molecule has 0 N–H and O–H groups in total. The highest BCUT2D eigenvalue weighted by atomic mass is 35.5. The molecule has 0 radical (unpaired) electrons. The lowest BCUT2D eigenvalue weighted by Crippen LogP contribution is -2.41. The summed E-state index contributed by atoms with van der Waals surface area (Å²) in [5.74, 6) is -0.336. The number of ketones is 1. The second kappa shape index (κ2) is 7.94. The standard InChI is InChI=1S/C20H13Cl2N3O3S/c21-14-6-5-12(9-15(14)22)17(26)11-24-16-4-1-7-23-18(16)19(27)25(20(24)28)10-13-3-2-8-29-13/h1-9H,10-11H2. The van der Waals surface area contributed by atoms with Crippen molar-refractivity contribution in [3.8, 4) is 0 Å². The van der Waals surface area contributed by atoms with Gasteiger partial charge in [0.05, 0.1) is 28.7 Å². The maximum Gasteiger partial charge on any atom is 0.332 e. The second-order valence-corrected chi connectivity index (χ2v) is 8.11. The SMILES string of the molecule is O=C(Cn1c(=O)n(Cc2cccs2)c(=O)c2ncccc21)c1ccc(Cl)c(Cl)c1. The first-order chi connectivity index (χ1) is 14.0. The van der Waals surface area contributed by atoms with Gasteiger partial charge in [-0.25, -0.2) is 9.78 Å². The van der Waals surface area contributed by atoms with Crippen LogP contribution in [0.3, 0.4) is 0 Å². The van der Waals surface area contributed by atoms with Crippen LogP contribution in [-0.2, 0) is 13.1 Å². The fraction of sp³-hybridized carbons (Fsp3) is 0.100. The van der Waals surface area contributed by atoms with Crippen LogP contribution in [0.2, 0.25) is 10.0 Å². The molecular formula is C20H13Cl2N3O3S. The molecule has 0 bridgehead atoms. The molecule has 0 aliphatic carbocycles. The quantitative estimate of drug-likeness (QED) is 0.437.